The number of aryl methyl sites for hydroxylation is 1. The third kappa shape index (κ3) is 4.37. The van der Waals surface area contributed by atoms with E-state index in [0.717, 1.165) is 42.2 Å². The lowest BCUT2D eigenvalue weighted by Gasteiger charge is -2.35. The summed E-state index contributed by atoms with van der Waals surface area (Å²) in [7, 11) is 0. The number of carbonyl (C=O) groups excluding carboxylic acids is 3. The molecule has 0 saturated carbocycles. The van der Waals surface area contributed by atoms with Gasteiger partial charge in [0.1, 0.15) is 18.4 Å². The number of imide groups is 1. The molecular formula is C24H29N5O4. The quantitative estimate of drug-likeness (QED) is 0.650. The Kier molecular flexibility index (Phi) is 5.88. The molecule has 33 heavy (non-hydrogen) atoms. The van der Waals surface area contributed by atoms with Crippen LogP contribution in [-0.4, -0.2) is 62.7 Å². The fourth-order valence-corrected chi connectivity index (χ4v) is 5.03. The van der Waals surface area contributed by atoms with E-state index in [2.05, 4.69) is 20.2 Å². The highest BCUT2D eigenvalue weighted by molar-refractivity contribution is 6.05. The zero-order chi connectivity index (χ0) is 22.9. The normalized spacial score (nSPS) is 23.5. The molecule has 2 fully saturated rings. The van der Waals surface area contributed by atoms with E-state index in [-0.39, 0.29) is 18.2 Å². The van der Waals surface area contributed by atoms with Gasteiger partial charge in [0.15, 0.2) is 0 Å². The lowest BCUT2D eigenvalue weighted by atomic mass is 10.0. The van der Waals surface area contributed by atoms with Crippen LogP contribution < -0.4 is 10.1 Å². The van der Waals surface area contributed by atoms with Gasteiger partial charge in [-0.25, -0.2) is 4.98 Å². The van der Waals surface area contributed by atoms with Crippen molar-refractivity contribution in [2.75, 3.05) is 13.2 Å². The average Bonchev–Trinajstić information content (AvgIpc) is 3.35. The Morgan fingerprint density at radius 1 is 1.18 bits per heavy atom. The molecule has 0 radical (unpaired) electrons. The summed E-state index contributed by atoms with van der Waals surface area (Å²) in [6.45, 7) is 4.81. The molecule has 1 aromatic carbocycles. The second-order valence-electron chi connectivity index (χ2n) is 9.12. The summed E-state index contributed by atoms with van der Waals surface area (Å²) in [5.41, 5.74) is 3.63. The Morgan fingerprint density at radius 3 is 2.85 bits per heavy atom. The van der Waals surface area contributed by atoms with E-state index in [1.165, 1.54) is 12.8 Å². The van der Waals surface area contributed by atoms with Gasteiger partial charge in [-0.15, -0.1) is 0 Å². The first-order valence-corrected chi connectivity index (χ1v) is 11.6. The van der Waals surface area contributed by atoms with Gasteiger partial charge in [0.2, 0.25) is 11.8 Å². The van der Waals surface area contributed by atoms with Crippen molar-refractivity contribution >= 4 is 17.7 Å². The third-order valence-electron chi connectivity index (χ3n) is 6.97. The van der Waals surface area contributed by atoms with Crippen LogP contribution in [0.2, 0.25) is 0 Å². The molecule has 5 rings (SSSR count). The van der Waals surface area contributed by atoms with Gasteiger partial charge < -0.3 is 14.6 Å². The number of piperidine rings is 2. The number of rotatable bonds is 6. The minimum absolute atomic E-state index is 0.168. The SMILES string of the molecule is Cc1[nH]cnc1CN1CCCCC1COc1ccc2c(c1)CN(C1CCC(=O)NC1=O)C2=O. The Labute approximate surface area is 192 Å². The first-order valence-electron chi connectivity index (χ1n) is 11.6. The van der Waals surface area contributed by atoms with E-state index in [0.29, 0.717) is 31.2 Å². The van der Waals surface area contributed by atoms with Crippen LogP contribution in [0.1, 0.15) is 59.4 Å². The van der Waals surface area contributed by atoms with Crippen molar-refractivity contribution in [1.82, 2.24) is 25.1 Å². The van der Waals surface area contributed by atoms with Crippen molar-refractivity contribution in [3.63, 3.8) is 0 Å². The zero-order valence-electron chi connectivity index (χ0n) is 18.8. The maximum atomic E-state index is 12.9. The third-order valence-corrected chi connectivity index (χ3v) is 6.97. The first-order chi connectivity index (χ1) is 16.0. The summed E-state index contributed by atoms with van der Waals surface area (Å²) < 4.78 is 6.18. The predicted molar refractivity (Wildman–Crippen MR) is 119 cm³/mol. The van der Waals surface area contributed by atoms with Crippen molar-refractivity contribution in [2.45, 2.75) is 64.2 Å². The molecular weight excluding hydrogens is 422 g/mol. The number of H-pyrrole nitrogens is 1. The molecule has 2 aromatic rings. The van der Waals surface area contributed by atoms with Crippen molar-refractivity contribution in [2.24, 2.45) is 0 Å². The second kappa shape index (κ2) is 8.97. The van der Waals surface area contributed by atoms with Crippen molar-refractivity contribution in [3.8, 4) is 5.75 Å². The van der Waals surface area contributed by atoms with Crippen LogP contribution in [0.25, 0.3) is 0 Å². The smallest absolute Gasteiger partial charge is 0.255 e. The molecule has 2 unspecified atom stereocenters. The summed E-state index contributed by atoms with van der Waals surface area (Å²) in [6, 6.07) is 5.22. The minimum Gasteiger partial charge on any atom is -0.492 e. The molecule has 174 valence electrons. The number of hydrogen-bond donors (Lipinski definition) is 2. The maximum absolute atomic E-state index is 12.9. The number of amides is 3. The minimum atomic E-state index is -0.603. The monoisotopic (exact) mass is 451 g/mol. The van der Waals surface area contributed by atoms with E-state index < -0.39 is 11.9 Å². The van der Waals surface area contributed by atoms with Crippen molar-refractivity contribution < 1.29 is 19.1 Å². The largest absolute Gasteiger partial charge is 0.492 e. The predicted octanol–water partition coefficient (Wildman–Crippen LogP) is 1.91. The molecule has 4 heterocycles. The van der Waals surface area contributed by atoms with Gasteiger partial charge >= 0.3 is 0 Å². The molecule has 2 atom stereocenters. The molecule has 9 nitrogen and oxygen atoms in total. The molecule has 0 spiro atoms. The average molecular weight is 452 g/mol. The lowest BCUT2D eigenvalue weighted by Crippen LogP contribution is -2.52. The van der Waals surface area contributed by atoms with E-state index in [1.54, 1.807) is 17.3 Å². The van der Waals surface area contributed by atoms with Crippen LogP contribution in [-0.2, 0) is 22.7 Å². The highest BCUT2D eigenvalue weighted by Crippen LogP contribution is 2.30. The van der Waals surface area contributed by atoms with Crippen LogP contribution in [0.5, 0.6) is 5.75 Å². The Bertz CT molecular complexity index is 1080. The Hall–Kier alpha value is -3.20. The van der Waals surface area contributed by atoms with Gasteiger partial charge in [0.25, 0.3) is 5.91 Å². The number of imidazole rings is 1. The molecule has 3 aliphatic heterocycles. The number of likely N-dealkylation sites (tertiary alicyclic amines) is 1. The van der Waals surface area contributed by atoms with Gasteiger partial charge in [0, 0.05) is 36.8 Å². The van der Waals surface area contributed by atoms with Gasteiger partial charge in [-0.3, -0.25) is 24.6 Å². The van der Waals surface area contributed by atoms with E-state index in [1.807, 2.05) is 19.1 Å². The first kappa shape index (κ1) is 21.6. The molecule has 0 bridgehead atoms. The van der Waals surface area contributed by atoms with Gasteiger partial charge in [-0.05, 0) is 56.5 Å². The van der Waals surface area contributed by atoms with Gasteiger partial charge in [-0.1, -0.05) is 6.42 Å². The second-order valence-corrected chi connectivity index (χ2v) is 9.12. The summed E-state index contributed by atoms with van der Waals surface area (Å²) in [4.78, 5) is 48.1. The number of fused-ring (bicyclic) bond motifs is 1. The summed E-state index contributed by atoms with van der Waals surface area (Å²) >= 11 is 0. The molecule has 9 heteroatoms. The van der Waals surface area contributed by atoms with E-state index in [4.69, 9.17) is 4.74 Å². The number of aromatic amines is 1. The maximum Gasteiger partial charge on any atom is 0.255 e. The zero-order valence-corrected chi connectivity index (χ0v) is 18.8. The fourth-order valence-electron chi connectivity index (χ4n) is 5.03. The molecule has 3 aliphatic rings. The number of benzene rings is 1. The van der Waals surface area contributed by atoms with Crippen LogP contribution >= 0.6 is 0 Å². The Morgan fingerprint density at radius 2 is 2.06 bits per heavy atom. The summed E-state index contributed by atoms with van der Waals surface area (Å²) in [6.07, 6.45) is 5.79. The standard InChI is InChI=1S/C24H29N5O4/c1-15-20(26-14-25-15)12-28-9-3-2-4-17(28)13-33-18-5-6-19-16(10-18)11-29(24(19)32)21-7-8-22(30)27-23(21)31/h5-6,10,14,17,21H,2-4,7-9,11-13H2,1H3,(H,25,26)(H,27,30,31). The molecule has 0 aliphatic carbocycles. The lowest BCUT2D eigenvalue weighted by molar-refractivity contribution is -0.136. The van der Waals surface area contributed by atoms with Gasteiger partial charge in [-0.2, -0.15) is 0 Å². The number of carbonyl (C=O) groups is 3. The highest BCUT2D eigenvalue weighted by Gasteiger charge is 2.39. The number of hydrogen-bond acceptors (Lipinski definition) is 6. The van der Waals surface area contributed by atoms with Crippen LogP contribution in [0.15, 0.2) is 24.5 Å². The molecule has 2 N–H and O–H groups in total. The summed E-state index contributed by atoms with van der Waals surface area (Å²) in [5, 5.41) is 2.34. The summed E-state index contributed by atoms with van der Waals surface area (Å²) in [5.74, 6) is -0.115. The Balaban J connectivity index is 1.23. The van der Waals surface area contributed by atoms with E-state index >= 15 is 0 Å². The van der Waals surface area contributed by atoms with Crippen LogP contribution in [0.4, 0.5) is 0 Å². The topological polar surface area (TPSA) is 108 Å². The van der Waals surface area contributed by atoms with Crippen molar-refractivity contribution in [1.29, 1.82) is 0 Å². The van der Waals surface area contributed by atoms with Gasteiger partial charge in [0.05, 0.1) is 12.0 Å². The highest BCUT2D eigenvalue weighted by atomic mass is 16.5. The van der Waals surface area contributed by atoms with Crippen LogP contribution in [0, 0.1) is 6.92 Å². The van der Waals surface area contributed by atoms with Crippen LogP contribution in [0.3, 0.4) is 0 Å². The molecule has 2 saturated heterocycles. The number of ether oxygens (including phenoxy) is 1. The molecule has 1 aromatic heterocycles. The number of nitrogens with zero attached hydrogens (tertiary/aromatic N) is 3. The molecule has 3 amide bonds. The number of aromatic nitrogens is 2. The van der Waals surface area contributed by atoms with Crippen molar-refractivity contribution in [3.05, 3.63) is 47.0 Å². The number of nitrogens with one attached hydrogen (secondary N) is 2. The fraction of sp³-hybridized carbons (Fsp3) is 0.500. The van der Waals surface area contributed by atoms with E-state index in [9.17, 15) is 14.4 Å².